The second-order valence-electron chi connectivity index (χ2n) is 14.2. The minimum absolute atomic E-state index is 0. The molecule has 0 unspecified atom stereocenters. The van der Waals surface area contributed by atoms with Gasteiger partial charge in [0.2, 0.25) is 0 Å². The number of carbonyl (C=O) groups is 1. The van der Waals surface area contributed by atoms with Crippen LogP contribution in [0.5, 0.6) is 23.0 Å². The molecule has 2 aromatic rings. The molecule has 6 saturated heterocycles. The number of rotatable bonds is 3. The van der Waals surface area contributed by atoms with Crippen molar-refractivity contribution >= 4 is 24.3 Å². The Labute approximate surface area is 289 Å². The fourth-order valence-electron chi connectivity index (χ4n) is 9.25. The molecule has 0 radical (unpaired) electrons. The Kier molecular flexibility index (Phi) is 10.7. The van der Waals surface area contributed by atoms with E-state index in [0.717, 1.165) is 40.4 Å². The first kappa shape index (κ1) is 34.7. The van der Waals surface area contributed by atoms with Crippen molar-refractivity contribution in [3.8, 4) is 23.0 Å². The molecule has 0 amide bonds. The topological polar surface area (TPSA) is 121 Å². The first-order chi connectivity index (χ1) is 23.0. The molecule has 10 aliphatic rings. The highest BCUT2D eigenvalue weighted by atomic mass is 35.5. The van der Waals surface area contributed by atoms with E-state index in [2.05, 4.69) is 9.80 Å². The lowest BCUT2D eigenvalue weighted by Crippen LogP contribution is -2.63. The van der Waals surface area contributed by atoms with Gasteiger partial charge < -0.3 is 24.7 Å². The quantitative estimate of drug-likeness (QED) is 0.454. The number of nitrogens with two attached hydrogens (primary N) is 1. The van der Waals surface area contributed by atoms with Crippen LogP contribution >= 0.6 is 12.4 Å². The van der Waals surface area contributed by atoms with Crippen molar-refractivity contribution in [2.24, 2.45) is 23.5 Å². The number of benzene rings is 2. The number of carbonyl (C=O) groups excluding carboxylic acids is 3. The molecule has 2 N–H and O–H groups in total. The third kappa shape index (κ3) is 6.83. The Morgan fingerprint density at radius 1 is 0.708 bits per heavy atom. The minimum Gasteiger partial charge on any atom is -0.486 e. The highest BCUT2D eigenvalue weighted by Crippen LogP contribution is 2.58. The number of ether oxygens (including phenoxy) is 4. The van der Waals surface area contributed by atoms with Crippen LogP contribution in [0, 0.1) is 17.8 Å². The molecule has 2 saturated carbocycles. The number of Topliss-reactive ketones (excluding diaryl/α,β-unsaturated/α-hetero) is 1. The van der Waals surface area contributed by atoms with Gasteiger partial charge in [0.25, 0.3) is 0 Å². The number of hydrogen-bond acceptors (Lipinski definition) is 10. The van der Waals surface area contributed by atoms with E-state index in [0.29, 0.717) is 55.9 Å². The SMILES string of the molecule is Cl.N[C@@H]1C2CCN(CC2)C12CC2.O=C(C[C@@H]1C2CCN(CC2)C12CC2)c1ccc2c(c1)OCCO2.O=C=O.c1ccc2c(c1)OCCO2. The molecule has 8 aliphatic heterocycles. The summed E-state index contributed by atoms with van der Waals surface area (Å²) in [6.45, 7) is 7.64. The molecule has 10 nitrogen and oxygen atoms in total. The molecule has 12 rings (SSSR count). The van der Waals surface area contributed by atoms with Gasteiger partial charge in [-0.15, -0.1) is 12.4 Å². The molecule has 8 heterocycles. The molecule has 0 aromatic heterocycles. The minimum atomic E-state index is 0. The first-order valence-corrected chi connectivity index (χ1v) is 17.5. The molecule has 11 heteroatoms. The maximum Gasteiger partial charge on any atom is 0.373 e. The Balaban J connectivity index is 0.000000134. The first-order valence-electron chi connectivity index (χ1n) is 17.5. The van der Waals surface area contributed by atoms with Crippen LogP contribution in [-0.4, -0.2) is 91.5 Å². The van der Waals surface area contributed by atoms with Gasteiger partial charge in [-0.25, -0.2) is 0 Å². The Morgan fingerprint density at radius 3 is 1.65 bits per heavy atom. The zero-order valence-corrected chi connectivity index (χ0v) is 28.4. The number of hydrogen-bond donors (Lipinski definition) is 1. The van der Waals surface area contributed by atoms with Crippen molar-refractivity contribution in [3.63, 3.8) is 0 Å². The monoisotopic (exact) mass is 681 g/mol. The number of nitrogens with zero attached hydrogens (tertiary/aromatic N) is 2. The van der Waals surface area contributed by atoms with Gasteiger partial charge in [0, 0.05) is 29.1 Å². The third-order valence-corrected chi connectivity index (χ3v) is 12.0. The van der Waals surface area contributed by atoms with E-state index in [9.17, 15) is 4.79 Å². The van der Waals surface area contributed by atoms with Crippen LogP contribution in [0.4, 0.5) is 0 Å². The summed E-state index contributed by atoms with van der Waals surface area (Å²) in [5.41, 5.74) is 7.89. The molecule has 2 aliphatic carbocycles. The average Bonchev–Trinajstić information content (AvgIpc) is 4.07. The summed E-state index contributed by atoms with van der Waals surface area (Å²) >= 11 is 0. The molecule has 8 fully saturated rings. The van der Waals surface area contributed by atoms with Crippen molar-refractivity contribution in [2.75, 3.05) is 52.6 Å². The Hall–Kier alpha value is -3.14. The van der Waals surface area contributed by atoms with Crippen LogP contribution in [0.15, 0.2) is 42.5 Å². The zero-order valence-electron chi connectivity index (χ0n) is 27.6. The van der Waals surface area contributed by atoms with E-state index in [1.165, 1.54) is 77.5 Å². The summed E-state index contributed by atoms with van der Waals surface area (Å²) < 4.78 is 21.8. The number of halogens is 1. The molecule has 2 spiro atoms. The molecule has 48 heavy (non-hydrogen) atoms. The summed E-state index contributed by atoms with van der Waals surface area (Å²) in [4.78, 5) is 34.5. The highest BCUT2D eigenvalue weighted by Gasteiger charge is 2.60. The van der Waals surface area contributed by atoms with Crippen molar-refractivity contribution in [1.82, 2.24) is 9.80 Å². The lowest BCUT2D eigenvalue weighted by atomic mass is 9.69. The van der Waals surface area contributed by atoms with Gasteiger partial charge in [-0.1, -0.05) is 12.1 Å². The van der Waals surface area contributed by atoms with Gasteiger partial charge in [-0.05, 0) is 126 Å². The van der Waals surface area contributed by atoms with E-state index in [1.807, 2.05) is 42.5 Å². The fourth-order valence-corrected chi connectivity index (χ4v) is 9.25. The molecular formula is C37H48ClN3O7. The van der Waals surface area contributed by atoms with Gasteiger partial charge in [0.05, 0.1) is 0 Å². The van der Waals surface area contributed by atoms with Crippen LogP contribution in [0.2, 0.25) is 0 Å². The third-order valence-electron chi connectivity index (χ3n) is 12.0. The maximum atomic E-state index is 12.9. The average molecular weight is 682 g/mol. The van der Waals surface area contributed by atoms with Gasteiger partial charge in [0.1, 0.15) is 26.4 Å². The predicted octanol–water partition coefficient (Wildman–Crippen LogP) is 4.77. The van der Waals surface area contributed by atoms with Crippen molar-refractivity contribution in [2.45, 2.75) is 74.9 Å². The second-order valence-corrected chi connectivity index (χ2v) is 14.2. The van der Waals surface area contributed by atoms with Gasteiger partial charge in [-0.2, -0.15) is 9.59 Å². The van der Waals surface area contributed by atoms with Crippen molar-refractivity contribution in [1.29, 1.82) is 0 Å². The van der Waals surface area contributed by atoms with Gasteiger partial charge in [0.15, 0.2) is 28.8 Å². The van der Waals surface area contributed by atoms with E-state index in [-0.39, 0.29) is 24.3 Å². The molecule has 2 aromatic carbocycles. The lowest BCUT2D eigenvalue weighted by molar-refractivity contribution is -0.191. The summed E-state index contributed by atoms with van der Waals surface area (Å²) in [5.74, 6) is 5.64. The van der Waals surface area contributed by atoms with Crippen molar-refractivity contribution in [3.05, 3.63) is 48.0 Å². The van der Waals surface area contributed by atoms with Crippen LogP contribution in [0.25, 0.3) is 0 Å². The lowest BCUT2D eigenvalue weighted by Gasteiger charge is -2.52. The molecule has 4 bridgehead atoms. The highest BCUT2D eigenvalue weighted by molar-refractivity contribution is 5.97. The Bertz CT molecular complexity index is 1430. The molecular weight excluding hydrogens is 634 g/mol. The van der Waals surface area contributed by atoms with E-state index in [4.69, 9.17) is 34.3 Å². The standard InChI is InChI=1S/C19H23NO3.C9H16N2.C8H8O2.CO2.ClH/c21-16(14-1-2-17-18(11-14)23-10-9-22-17)12-15-13-3-7-20(8-4-13)19(15)5-6-19;10-8-7-1-5-11(6-2-7)9(8)3-4-9;1-2-4-8-7(3-1)9-5-6-10-8;2-1-3;/h1-2,11,13,15H,3-10,12H2;7-8H,1-6,10H2;1-4H,5-6H2;;1H/t15-;8-;;;/m11.../s1. The van der Waals surface area contributed by atoms with E-state index < -0.39 is 0 Å². The number of fused-ring (bicyclic) bond motifs is 6. The summed E-state index contributed by atoms with van der Waals surface area (Å²) in [6, 6.07) is 13.9. The summed E-state index contributed by atoms with van der Waals surface area (Å²) in [6.07, 6.45) is 11.6. The van der Waals surface area contributed by atoms with Crippen LogP contribution in [0.3, 0.4) is 0 Å². The van der Waals surface area contributed by atoms with Crippen LogP contribution in [-0.2, 0) is 9.59 Å². The van der Waals surface area contributed by atoms with Crippen LogP contribution < -0.4 is 24.7 Å². The summed E-state index contributed by atoms with van der Waals surface area (Å²) in [5, 5.41) is 0. The number of piperidine rings is 6. The molecule has 260 valence electrons. The summed E-state index contributed by atoms with van der Waals surface area (Å²) in [7, 11) is 0. The zero-order chi connectivity index (χ0) is 32.4. The van der Waals surface area contributed by atoms with E-state index >= 15 is 0 Å². The van der Waals surface area contributed by atoms with Crippen LogP contribution in [0.1, 0.15) is 68.1 Å². The fraction of sp³-hybridized carbons (Fsp3) is 0.622. The van der Waals surface area contributed by atoms with Crippen molar-refractivity contribution < 1.29 is 33.3 Å². The smallest absolute Gasteiger partial charge is 0.373 e. The number of ketones is 1. The maximum absolute atomic E-state index is 12.9. The largest absolute Gasteiger partial charge is 0.486 e. The van der Waals surface area contributed by atoms with E-state index in [1.54, 1.807) is 0 Å². The second kappa shape index (κ2) is 14.8. The predicted molar refractivity (Wildman–Crippen MR) is 180 cm³/mol. The molecule has 2 atom stereocenters. The van der Waals surface area contributed by atoms with Gasteiger partial charge in [-0.3, -0.25) is 14.6 Å². The van der Waals surface area contributed by atoms with Gasteiger partial charge >= 0.3 is 6.15 Å². The Morgan fingerprint density at radius 2 is 1.17 bits per heavy atom. The normalized spacial score (nSPS) is 30.8. The number of para-hydroxylation sites is 2.